The first-order valence-electron chi connectivity index (χ1n) is 20.6. The minimum Gasteiger partial charge on any atom is -0.340 e. The Hall–Kier alpha value is -5.84. The van der Waals surface area contributed by atoms with Crippen LogP contribution < -0.4 is 0 Å². The summed E-state index contributed by atoms with van der Waals surface area (Å²) in [6.45, 7) is 1.44. The number of rotatable bonds is 11. The zero-order chi connectivity index (χ0) is 40.2. The van der Waals surface area contributed by atoms with Gasteiger partial charge in [0.05, 0.1) is 35.9 Å². The van der Waals surface area contributed by atoms with Gasteiger partial charge in [-0.15, -0.1) is 0 Å². The van der Waals surface area contributed by atoms with E-state index in [1.165, 1.54) is 0 Å². The van der Waals surface area contributed by atoms with Crippen molar-refractivity contribution in [1.82, 2.24) is 39.5 Å². The van der Waals surface area contributed by atoms with Crippen LogP contribution in [-0.2, 0) is 9.59 Å². The first-order chi connectivity index (χ1) is 28.3. The number of likely N-dealkylation sites (tertiary alicyclic amines) is 2. The van der Waals surface area contributed by atoms with E-state index in [2.05, 4.69) is 58.5 Å². The molecule has 58 heavy (non-hydrogen) atoms. The van der Waals surface area contributed by atoms with Gasteiger partial charge in [-0.05, 0) is 100 Å². The second kappa shape index (κ2) is 17.3. The molecule has 2 aliphatic rings. The maximum absolute atomic E-state index is 14.1. The lowest BCUT2D eigenvalue weighted by Crippen LogP contribution is -2.45. The Labute approximate surface area is 341 Å². The summed E-state index contributed by atoms with van der Waals surface area (Å²) in [5.74, 6) is 1.90. The number of amides is 2. The number of H-pyrrole nitrogens is 2. The molecule has 2 aliphatic heterocycles. The zero-order valence-electron chi connectivity index (χ0n) is 34.0. The predicted molar refractivity (Wildman–Crippen MR) is 229 cm³/mol. The number of carbonyl (C=O) groups excluding carboxylic acids is 2. The van der Waals surface area contributed by atoms with E-state index in [0.717, 1.165) is 108 Å². The van der Waals surface area contributed by atoms with Crippen LogP contribution in [0.3, 0.4) is 0 Å². The van der Waals surface area contributed by atoms with Crippen LogP contribution >= 0.6 is 0 Å². The molecule has 0 aliphatic carbocycles. The molecule has 10 heteroatoms. The molecular formula is C48H54N8O2. The monoisotopic (exact) mass is 774 g/mol. The number of aromatic amines is 2. The molecule has 0 unspecified atom stereocenters. The number of hydrogen-bond acceptors (Lipinski definition) is 6. The molecule has 8 rings (SSSR count). The SMILES string of the molecule is CN(C)[C@@H](C(=O)N1CCCC[C@H]1c1ncc(-c2ccc(-c3ccc(-c4cnc([C@@H]5CCCCN5C(=O)[C@@H](c5ccccc5)N(C)C)[nH]4)cc3)cc2)[nH]1)c1ccccc1. The van der Waals surface area contributed by atoms with Gasteiger partial charge in [-0.1, -0.05) is 109 Å². The number of likely N-dealkylation sites (N-methyl/N-ethyl adjacent to an activating group) is 2. The van der Waals surface area contributed by atoms with E-state index in [-0.39, 0.29) is 36.0 Å². The van der Waals surface area contributed by atoms with Crippen LogP contribution in [0.1, 0.15) is 85.5 Å². The Morgan fingerprint density at radius 2 is 0.897 bits per heavy atom. The Balaban J connectivity index is 0.944. The average molecular weight is 775 g/mol. The molecule has 2 N–H and O–H groups in total. The summed E-state index contributed by atoms with van der Waals surface area (Å²) in [5.41, 5.74) is 8.20. The molecule has 4 aromatic carbocycles. The summed E-state index contributed by atoms with van der Waals surface area (Å²) in [7, 11) is 7.88. The second-order valence-corrected chi connectivity index (χ2v) is 16.2. The maximum Gasteiger partial charge on any atom is 0.245 e. The van der Waals surface area contributed by atoms with Gasteiger partial charge in [-0.25, -0.2) is 9.97 Å². The highest BCUT2D eigenvalue weighted by Crippen LogP contribution is 2.36. The first-order valence-corrected chi connectivity index (χ1v) is 20.6. The molecule has 0 bridgehead atoms. The van der Waals surface area contributed by atoms with Crippen molar-refractivity contribution in [2.45, 2.75) is 62.7 Å². The smallest absolute Gasteiger partial charge is 0.245 e. The largest absolute Gasteiger partial charge is 0.340 e. The van der Waals surface area contributed by atoms with E-state index in [4.69, 9.17) is 9.97 Å². The summed E-state index contributed by atoms with van der Waals surface area (Å²) in [5, 5.41) is 0. The normalized spacial score (nSPS) is 18.4. The van der Waals surface area contributed by atoms with Crippen LogP contribution in [0.15, 0.2) is 122 Å². The van der Waals surface area contributed by atoms with Crippen LogP contribution in [0.2, 0.25) is 0 Å². The van der Waals surface area contributed by atoms with Gasteiger partial charge >= 0.3 is 0 Å². The standard InChI is InChI=1S/C48H54N8O2/c1-53(2)43(37-15-7-5-8-16-37)47(57)55-29-13-11-19-41(55)45-49-31-39(51-45)35-25-21-33(22-26-35)34-23-27-36(28-24-34)40-32-50-46(52-40)42-20-12-14-30-56(42)48(58)44(54(3)4)38-17-9-6-10-18-38/h5-10,15-18,21-28,31-32,41-44H,11-14,19-20,29-30H2,1-4H3,(H,49,51)(H,50,52)/t41-,42-,43+,44+/m0/s1. The fourth-order valence-electron chi connectivity index (χ4n) is 8.86. The highest BCUT2D eigenvalue weighted by Gasteiger charge is 2.37. The van der Waals surface area contributed by atoms with Crippen LogP contribution in [0.5, 0.6) is 0 Å². The molecule has 10 nitrogen and oxygen atoms in total. The Kier molecular flexibility index (Phi) is 11.7. The van der Waals surface area contributed by atoms with Crippen LogP contribution in [0.4, 0.5) is 0 Å². The van der Waals surface area contributed by atoms with Crippen molar-refractivity contribution in [3.8, 4) is 33.6 Å². The van der Waals surface area contributed by atoms with Crippen molar-refractivity contribution in [3.63, 3.8) is 0 Å². The summed E-state index contributed by atoms with van der Waals surface area (Å²) in [4.78, 5) is 53.0. The van der Waals surface area contributed by atoms with Gasteiger partial charge in [0.2, 0.25) is 11.8 Å². The van der Waals surface area contributed by atoms with E-state index in [1.54, 1.807) is 0 Å². The molecule has 6 aromatic rings. The molecule has 4 atom stereocenters. The molecule has 2 saturated heterocycles. The molecule has 0 spiro atoms. The van der Waals surface area contributed by atoms with Gasteiger partial charge in [-0.3, -0.25) is 19.4 Å². The summed E-state index contributed by atoms with van der Waals surface area (Å²) in [6, 6.07) is 36.2. The number of piperidine rings is 2. The third kappa shape index (κ3) is 8.12. The van der Waals surface area contributed by atoms with Gasteiger partial charge < -0.3 is 19.8 Å². The van der Waals surface area contributed by atoms with Crippen LogP contribution in [-0.4, -0.2) is 92.6 Å². The van der Waals surface area contributed by atoms with Crippen molar-refractivity contribution >= 4 is 11.8 Å². The zero-order valence-corrected chi connectivity index (χ0v) is 34.0. The van der Waals surface area contributed by atoms with Gasteiger partial charge in [-0.2, -0.15) is 0 Å². The number of imidazole rings is 2. The number of benzene rings is 4. The van der Waals surface area contributed by atoms with Gasteiger partial charge in [0, 0.05) is 13.1 Å². The molecule has 4 heterocycles. The van der Waals surface area contributed by atoms with E-state index < -0.39 is 0 Å². The Morgan fingerprint density at radius 3 is 1.26 bits per heavy atom. The van der Waals surface area contributed by atoms with Gasteiger partial charge in [0.25, 0.3) is 0 Å². The molecule has 2 aromatic heterocycles. The van der Waals surface area contributed by atoms with Crippen molar-refractivity contribution in [3.05, 3.63) is 144 Å². The fourth-order valence-corrected chi connectivity index (χ4v) is 8.86. The molecular weight excluding hydrogens is 721 g/mol. The highest BCUT2D eigenvalue weighted by atomic mass is 16.2. The first kappa shape index (κ1) is 39.0. The van der Waals surface area contributed by atoms with E-state index in [0.29, 0.717) is 0 Å². The maximum atomic E-state index is 14.1. The number of nitrogens with one attached hydrogen (secondary N) is 2. The summed E-state index contributed by atoms with van der Waals surface area (Å²) >= 11 is 0. The topological polar surface area (TPSA) is 104 Å². The highest BCUT2D eigenvalue weighted by molar-refractivity contribution is 5.84. The van der Waals surface area contributed by atoms with E-state index in [9.17, 15) is 9.59 Å². The molecule has 0 radical (unpaired) electrons. The lowest BCUT2D eigenvalue weighted by molar-refractivity contribution is -0.141. The predicted octanol–water partition coefficient (Wildman–Crippen LogP) is 8.85. The van der Waals surface area contributed by atoms with E-state index in [1.807, 2.05) is 121 Å². The van der Waals surface area contributed by atoms with Crippen molar-refractivity contribution in [1.29, 1.82) is 0 Å². The summed E-state index contributed by atoms with van der Waals surface area (Å²) in [6.07, 6.45) is 9.65. The molecule has 298 valence electrons. The molecule has 2 amide bonds. The Bertz CT molecular complexity index is 2120. The van der Waals surface area contributed by atoms with Gasteiger partial charge in [0.1, 0.15) is 23.7 Å². The summed E-state index contributed by atoms with van der Waals surface area (Å²) < 4.78 is 0. The molecule has 2 fully saturated rings. The molecule has 0 saturated carbocycles. The third-order valence-corrected chi connectivity index (χ3v) is 11.9. The number of hydrogen-bond donors (Lipinski definition) is 2. The van der Waals surface area contributed by atoms with Gasteiger partial charge in [0.15, 0.2) is 0 Å². The second-order valence-electron chi connectivity index (χ2n) is 16.2. The number of carbonyl (C=O) groups is 2. The van der Waals surface area contributed by atoms with Crippen molar-refractivity contribution < 1.29 is 9.59 Å². The lowest BCUT2D eigenvalue weighted by Gasteiger charge is -2.38. The van der Waals surface area contributed by atoms with Crippen molar-refractivity contribution in [2.75, 3.05) is 41.3 Å². The average Bonchev–Trinajstić information content (AvgIpc) is 3.96. The van der Waals surface area contributed by atoms with Crippen molar-refractivity contribution in [2.24, 2.45) is 0 Å². The Morgan fingerprint density at radius 1 is 0.534 bits per heavy atom. The van der Waals surface area contributed by atoms with Crippen LogP contribution in [0.25, 0.3) is 33.6 Å². The number of nitrogens with zero attached hydrogens (tertiary/aromatic N) is 6. The van der Waals surface area contributed by atoms with Crippen LogP contribution in [0, 0.1) is 0 Å². The quantitative estimate of drug-likeness (QED) is 0.136. The van der Waals surface area contributed by atoms with E-state index >= 15 is 0 Å². The minimum atomic E-state index is -0.346. The fraction of sp³-hybridized carbons (Fsp3) is 0.333. The lowest BCUT2D eigenvalue weighted by atomic mass is 9.97. The number of aromatic nitrogens is 4. The minimum absolute atomic E-state index is 0.0935. The third-order valence-electron chi connectivity index (χ3n) is 11.9.